The van der Waals surface area contributed by atoms with Crippen molar-refractivity contribution in [3.05, 3.63) is 28.1 Å². The van der Waals surface area contributed by atoms with E-state index in [1.807, 2.05) is 16.8 Å². The van der Waals surface area contributed by atoms with E-state index in [0.717, 1.165) is 5.69 Å². The molecule has 0 bridgehead atoms. The summed E-state index contributed by atoms with van der Waals surface area (Å²) in [6, 6.07) is 1.91. The fourth-order valence-corrected chi connectivity index (χ4v) is 1.39. The zero-order chi connectivity index (χ0) is 9.84. The topological polar surface area (TPSA) is 49.3 Å². The number of nitrogens with one attached hydrogen (secondary N) is 1. The molecular weight excluding hydrogens is 186 g/mol. The molecule has 0 atom stereocenters. The van der Waals surface area contributed by atoms with E-state index in [4.69, 9.17) is 5.11 Å². The summed E-state index contributed by atoms with van der Waals surface area (Å²) in [6.07, 6.45) is 0. The van der Waals surface area contributed by atoms with E-state index in [0.29, 0.717) is 11.3 Å². The van der Waals surface area contributed by atoms with Crippen LogP contribution >= 0.6 is 11.3 Å². The molecule has 1 heterocycles. The predicted molar refractivity (Wildman–Crippen MR) is 54.0 cm³/mol. The minimum absolute atomic E-state index is 0.339. The summed E-state index contributed by atoms with van der Waals surface area (Å²) in [4.78, 5) is 10.6. The molecular formula is C9H11NO2S. The first-order valence-corrected chi connectivity index (χ1v) is 4.75. The van der Waals surface area contributed by atoms with Crippen molar-refractivity contribution in [2.24, 2.45) is 0 Å². The van der Waals surface area contributed by atoms with Crippen molar-refractivity contribution >= 4 is 23.0 Å². The highest BCUT2D eigenvalue weighted by atomic mass is 32.1. The van der Waals surface area contributed by atoms with Gasteiger partial charge in [0.25, 0.3) is 0 Å². The molecule has 13 heavy (non-hydrogen) atoms. The van der Waals surface area contributed by atoms with Crippen LogP contribution in [0.2, 0.25) is 0 Å². The first-order chi connectivity index (χ1) is 6.11. The maximum absolute atomic E-state index is 10.6. The highest BCUT2D eigenvalue weighted by Crippen LogP contribution is 2.15. The third-order valence-electron chi connectivity index (χ3n) is 1.74. The van der Waals surface area contributed by atoms with Crippen LogP contribution < -0.4 is 5.32 Å². The van der Waals surface area contributed by atoms with Crippen LogP contribution in [0.3, 0.4) is 0 Å². The summed E-state index contributed by atoms with van der Waals surface area (Å²) < 4.78 is 0. The molecule has 4 heteroatoms. The van der Waals surface area contributed by atoms with Gasteiger partial charge in [-0.05, 0) is 25.3 Å². The zero-order valence-electron chi connectivity index (χ0n) is 7.50. The minimum Gasteiger partial charge on any atom is -0.478 e. The summed E-state index contributed by atoms with van der Waals surface area (Å²) >= 11 is 1.57. The van der Waals surface area contributed by atoms with Gasteiger partial charge in [-0.1, -0.05) is 0 Å². The lowest BCUT2D eigenvalue weighted by molar-refractivity contribution is -0.132. The maximum Gasteiger partial charge on any atom is 0.333 e. The summed E-state index contributed by atoms with van der Waals surface area (Å²) in [5.41, 5.74) is 1.94. The summed E-state index contributed by atoms with van der Waals surface area (Å²) in [5.74, 6) is -0.889. The highest BCUT2D eigenvalue weighted by molar-refractivity contribution is 7.08. The van der Waals surface area contributed by atoms with Gasteiger partial charge in [-0.25, -0.2) is 4.79 Å². The van der Waals surface area contributed by atoms with Gasteiger partial charge < -0.3 is 10.4 Å². The van der Waals surface area contributed by atoms with Crippen molar-refractivity contribution in [3.8, 4) is 0 Å². The van der Waals surface area contributed by atoms with Gasteiger partial charge in [-0.3, -0.25) is 0 Å². The van der Waals surface area contributed by atoms with Crippen LogP contribution in [0.1, 0.15) is 13.8 Å². The number of carboxylic acids is 1. The largest absolute Gasteiger partial charge is 0.478 e. The van der Waals surface area contributed by atoms with Crippen molar-refractivity contribution in [1.82, 2.24) is 0 Å². The Balaban J connectivity index is 2.75. The molecule has 0 saturated carbocycles. The van der Waals surface area contributed by atoms with E-state index < -0.39 is 5.97 Å². The average molecular weight is 197 g/mol. The van der Waals surface area contributed by atoms with Gasteiger partial charge in [-0.2, -0.15) is 11.3 Å². The number of carbonyl (C=O) groups is 1. The molecule has 0 radical (unpaired) electrons. The molecule has 0 fully saturated rings. The second-order valence-corrected chi connectivity index (χ2v) is 3.47. The zero-order valence-corrected chi connectivity index (χ0v) is 8.31. The quantitative estimate of drug-likeness (QED) is 0.732. The number of allylic oxidation sites excluding steroid dienone is 1. The van der Waals surface area contributed by atoms with Gasteiger partial charge in [0.1, 0.15) is 0 Å². The van der Waals surface area contributed by atoms with Crippen molar-refractivity contribution in [2.45, 2.75) is 13.8 Å². The van der Waals surface area contributed by atoms with E-state index in [2.05, 4.69) is 5.32 Å². The van der Waals surface area contributed by atoms with Crippen LogP contribution in [0, 0.1) is 0 Å². The molecule has 0 aromatic carbocycles. The SMILES string of the molecule is C/C(Nc1ccsc1)=C(/C)C(=O)O. The standard InChI is InChI=1S/C9H11NO2S/c1-6(9(11)12)7(2)10-8-3-4-13-5-8/h3-5,10H,1-2H3,(H,11,12)/b7-6+. The van der Waals surface area contributed by atoms with Gasteiger partial charge in [0.05, 0.1) is 5.57 Å². The Morgan fingerprint density at radius 3 is 2.69 bits per heavy atom. The fourth-order valence-electron chi connectivity index (χ4n) is 0.806. The Morgan fingerprint density at radius 1 is 1.54 bits per heavy atom. The first-order valence-electron chi connectivity index (χ1n) is 3.81. The lowest BCUT2D eigenvalue weighted by Gasteiger charge is -2.05. The van der Waals surface area contributed by atoms with Crippen LogP contribution in [0.5, 0.6) is 0 Å². The van der Waals surface area contributed by atoms with Crippen molar-refractivity contribution in [1.29, 1.82) is 0 Å². The Labute approximate surface area is 80.7 Å². The number of anilines is 1. The normalized spacial score (nSPS) is 12.2. The number of aliphatic carboxylic acids is 1. The summed E-state index contributed by atoms with van der Waals surface area (Å²) in [5, 5.41) is 15.6. The van der Waals surface area contributed by atoms with Crippen LogP contribution in [0.25, 0.3) is 0 Å². The van der Waals surface area contributed by atoms with Crippen LogP contribution in [0.15, 0.2) is 28.1 Å². The van der Waals surface area contributed by atoms with E-state index in [-0.39, 0.29) is 0 Å². The Kier molecular flexibility index (Phi) is 3.08. The van der Waals surface area contributed by atoms with Crippen molar-refractivity contribution in [3.63, 3.8) is 0 Å². The monoisotopic (exact) mass is 197 g/mol. The Morgan fingerprint density at radius 2 is 2.23 bits per heavy atom. The molecule has 1 aromatic rings. The van der Waals surface area contributed by atoms with Gasteiger partial charge in [0, 0.05) is 16.8 Å². The fraction of sp³-hybridized carbons (Fsp3) is 0.222. The number of rotatable bonds is 3. The van der Waals surface area contributed by atoms with Gasteiger partial charge in [-0.15, -0.1) is 0 Å². The molecule has 0 amide bonds. The van der Waals surface area contributed by atoms with Gasteiger partial charge in [0.15, 0.2) is 0 Å². The molecule has 0 saturated heterocycles. The van der Waals surface area contributed by atoms with Gasteiger partial charge in [0.2, 0.25) is 0 Å². The second kappa shape index (κ2) is 4.09. The second-order valence-electron chi connectivity index (χ2n) is 2.69. The third-order valence-corrected chi connectivity index (χ3v) is 2.42. The average Bonchev–Trinajstić information content (AvgIpc) is 2.55. The number of thiophene rings is 1. The Bertz CT molecular complexity index is 327. The number of carboxylic acid groups (broad SMARTS) is 1. The first kappa shape index (κ1) is 9.80. The van der Waals surface area contributed by atoms with E-state index in [1.54, 1.807) is 25.2 Å². The van der Waals surface area contributed by atoms with Crippen LogP contribution in [-0.4, -0.2) is 11.1 Å². The van der Waals surface area contributed by atoms with E-state index in [9.17, 15) is 4.79 Å². The molecule has 0 aliphatic heterocycles. The predicted octanol–water partition coefficient (Wildman–Crippen LogP) is 2.54. The molecule has 0 unspecified atom stereocenters. The molecule has 0 aliphatic rings. The molecule has 3 nitrogen and oxygen atoms in total. The highest BCUT2D eigenvalue weighted by Gasteiger charge is 2.04. The van der Waals surface area contributed by atoms with Gasteiger partial charge >= 0.3 is 5.97 Å². The summed E-state index contributed by atoms with van der Waals surface area (Å²) in [7, 11) is 0. The van der Waals surface area contributed by atoms with Crippen molar-refractivity contribution < 1.29 is 9.90 Å². The molecule has 0 aliphatic carbocycles. The van der Waals surface area contributed by atoms with Crippen LogP contribution in [0.4, 0.5) is 5.69 Å². The van der Waals surface area contributed by atoms with Crippen molar-refractivity contribution in [2.75, 3.05) is 5.32 Å². The smallest absolute Gasteiger partial charge is 0.333 e. The molecule has 1 aromatic heterocycles. The van der Waals surface area contributed by atoms with E-state index >= 15 is 0 Å². The minimum atomic E-state index is -0.889. The lowest BCUT2D eigenvalue weighted by atomic mass is 10.2. The van der Waals surface area contributed by atoms with Crippen LogP contribution in [-0.2, 0) is 4.79 Å². The maximum atomic E-state index is 10.6. The molecule has 2 N–H and O–H groups in total. The lowest BCUT2D eigenvalue weighted by Crippen LogP contribution is -2.05. The van der Waals surface area contributed by atoms with E-state index in [1.165, 1.54) is 0 Å². The summed E-state index contributed by atoms with van der Waals surface area (Å²) in [6.45, 7) is 3.33. The number of hydrogen-bond donors (Lipinski definition) is 2. The Hall–Kier alpha value is -1.29. The third kappa shape index (κ3) is 2.59. The molecule has 70 valence electrons. The molecule has 1 rings (SSSR count). The number of hydrogen-bond acceptors (Lipinski definition) is 3. The molecule has 0 spiro atoms.